The molecule has 1 saturated heterocycles. The fourth-order valence-electron chi connectivity index (χ4n) is 7.14. The van der Waals surface area contributed by atoms with E-state index in [-0.39, 0.29) is 11.0 Å². The van der Waals surface area contributed by atoms with Gasteiger partial charge in [0.2, 0.25) is 0 Å². The predicted molar refractivity (Wildman–Crippen MR) is 146 cm³/mol. The third-order valence-corrected chi connectivity index (χ3v) is 20.6. The van der Waals surface area contributed by atoms with Crippen LogP contribution in [0.4, 0.5) is 0 Å². The summed E-state index contributed by atoms with van der Waals surface area (Å²) in [6, 6.07) is 0. The lowest BCUT2D eigenvalue weighted by molar-refractivity contribution is -0.161. The molecule has 0 spiro atoms. The number of carbonyl (C=O) groups is 1. The number of esters is 1. The monoisotopic (exact) mass is 506 g/mol. The molecule has 3 aliphatic rings. The van der Waals surface area contributed by atoms with Crippen LogP contribution < -0.4 is 0 Å². The van der Waals surface area contributed by atoms with Gasteiger partial charge in [-0.25, -0.2) is 0 Å². The highest BCUT2D eigenvalue weighted by Crippen LogP contribution is 2.73. The largest absolute Gasteiger partial charge is 0.545 e. The molecule has 0 aromatic heterocycles. The van der Waals surface area contributed by atoms with Gasteiger partial charge >= 0.3 is 5.97 Å². The normalized spacial score (nSPS) is 31.9. The molecular weight excluding hydrogens is 456 g/mol. The van der Waals surface area contributed by atoms with E-state index in [0.717, 1.165) is 24.2 Å². The van der Waals surface area contributed by atoms with Crippen molar-refractivity contribution in [2.75, 3.05) is 6.61 Å². The Balaban J connectivity index is 2.15. The first-order valence-electron chi connectivity index (χ1n) is 13.3. The first kappa shape index (κ1) is 27.7. The maximum atomic E-state index is 13.0. The van der Waals surface area contributed by atoms with E-state index in [9.17, 15) is 4.79 Å². The lowest BCUT2D eigenvalue weighted by Gasteiger charge is -2.47. The van der Waals surface area contributed by atoms with E-state index in [4.69, 9.17) is 13.6 Å². The maximum Gasteiger partial charge on any atom is 0.307 e. The lowest BCUT2D eigenvalue weighted by atomic mass is 9.65. The van der Waals surface area contributed by atoms with Gasteiger partial charge < -0.3 is 13.6 Å². The van der Waals surface area contributed by atoms with Crippen LogP contribution in [0, 0.1) is 10.8 Å². The fourth-order valence-corrected chi connectivity index (χ4v) is 13.6. The van der Waals surface area contributed by atoms with Gasteiger partial charge in [0.05, 0.1) is 23.0 Å². The Kier molecular flexibility index (Phi) is 6.80. The molecule has 194 valence electrons. The molecule has 0 amide bonds. The average Bonchev–Trinajstić information content (AvgIpc) is 3.20. The minimum atomic E-state index is -2.23. The van der Waals surface area contributed by atoms with Crippen LogP contribution in [0.3, 0.4) is 0 Å². The minimum Gasteiger partial charge on any atom is -0.545 e. The van der Waals surface area contributed by atoms with Gasteiger partial charge in [-0.1, -0.05) is 74.5 Å². The van der Waals surface area contributed by atoms with Gasteiger partial charge in [0.1, 0.15) is 5.60 Å². The summed E-state index contributed by atoms with van der Waals surface area (Å²) < 4.78 is 20.6. The molecule has 0 N–H and O–H groups in total. The highest BCUT2D eigenvalue weighted by atomic mass is 28.4. The Morgan fingerprint density at radius 3 is 2.09 bits per heavy atom. The second-order valence-corrected chi connectivity index (χ2v) is 24.1. The molecule has 0 bridgehead atoms. The van der Waals surface area contributed by atoms with E-state index in [1.54, 1.807) is 0 Å². The lowest BCUT2D eigenvalue weighted by Crippen LogP contribution is -2.54. The Hall–Kier alpha value is -0.856. The Morgan fingerprint density at radius 2 is 1.62 bits per heavy atom. The molecule has 4 nitrogen and oxygen atoms in total. The summed E-state index contributed by atoms with van der Waals surface area (Å²) in [7, 11) is -4.23. The van der Waals surface area contributed by atoms with Gasteiger partial charge in [-0.3, -0.25) is 4.79 Å². The number of carbonyl (C=O) groups excluding carboxylic acids is 1. The quantitative estimate of drug-likeness (QED) is 0.189. The Labute approximate surface area is 211 Å². The molecule has 2 fully saturated rings. The summed E-state index contributed by atoms with van der Waals surface area (Å²) in [5.41, 5.74) is 0.768. The minimum absolute atomic E-state index is 0.111. The van der Waals surface area contributed by atoms with E-state index in [0.29, 0.717) is 29.7 Å². The van der Waals surface area contributed by atoms with Crippen LogP contribution in [0.15, 0.2) is 24.0 Å². The number of rotatable bonds is 8. The molecule has 6 heteroatoms. The Morgan fingerprint density at radius 1 is 1.09 bits per heavy atom. The first-order chi connectivity index (χ1) is 15.3. The number of hydrogen-bond acceptors (Lipinski definition) is 4. The third-order valence-electron chi connectivity index (χ3n) is 10.1. The van der Waals surface area contributed by atoms with Crippen LogP contribution in [0.5, 0.6) is 0 Å². The molecule has 1 heterocycles. The van der Waals surface area contributed by atoms with E-state index >= 15 is 0 Å². The molecule has 1 unspecified atom stereocenters. The second kappa shape index (κ2) is 8.34. The summed E-state index contributed by atoms with van der Waals surface area (Å²) >= 11 is 0. The van der Waals surface area contributed by atoms with E-state index in [1.165, 1.54) is 0 Å². The molecule has 0 aromatic carbocycles. The van der Waals surface area contributed by atoms with Gasteiger partial charge in [-0.2, -0.15) is 0 Å². The van der Waals surface area contributed by atoms with Crippen molar-refractivity contribution in [1.29, 1.82) is 0 Å². The summed E-state index contributed by atoms with van der Waals surface area (Å²) in [5, 5.41) is 0.111. The van der Waals surface area contributed by atoms with Crippen molar-refractivity contribution in [3.05, 3.63) is 24.0 Å². The van der Waals surface area contributed by atoms with Gasteiger partial charge in [0.15, 0.2) is 8.32 Å². The molecule has 1 aliphatic heterocycles. The summed E-state index contributed by atoms with van der Waals surface area (Å²) in [4.78, 5) is 13.0. The van der Waals surface area contributed by atoms with Crippen molar-refractivity contribution < 1.29 is 18.4 Å². The van der Waals surface area contributed by atoms with E-state index in [2.05, 4.69) is 95.0 Å². The zero-order valence-corrected chi connectivity index (χ0v) is 26.0. The predicted octanol–water partition coefficient (Wildman–Crippen LogP) is 8.13. The summed E-state index contributed by atoms with van der Waals surface area (Å²) in [6.07, 6.45) is 4.30. The average molecular weight is 507 g/mol. The van der Waals surface area contributed by atoms with Crippen LogP contribution in [0.25, 0.3) is 0 Å². The van der Waals surface area contributed by atoms with Crippen LogP contribution in [0.1, 0.15) is 88.5 Å². The zero-order valence-electron chi connectivity index (χ0n) is 24.0. The molecule has 1 saturated carbocycles. The van der Waals surface area contributed by atoms with E-state index in [1.807, 2.05) is 0 Å². The topological polar surface area (TPSA) is 44.8 Å². The molecule has 3 atom stereocenters. The molecule has 3 rings (SSSR count). The van der Waals surface area contributed by atoms with Gasteiger partial charge in [0, 0.05) is 6.61 Å². The fraction of sp³-hybridized carbons (Fsp3) is 0.821. The van der Waals surface area contributed by atoms with Crippen LogP contribution >= 0.6 is 0 Å². The smallest absolute Gasteiger partial charge is 0.307 e. The number of hydrogen-bond donors (Lipinski definition) is 0. The van der Waals surface area contributed by atoms with Crippen molar-refractivity contribution >= 4 is 22.6 Å². The van der Waals surface area contributed by atoms with Crippen molar-refractivity contribution in [2.24, 2.45) is 10.8 Å². The molecule has 34 heavy (non-hydrogen) atoms. The van der Waals surface area contributed by atoms with Gasteiger partial charge in [0.25, 0.3) is 8.32 Å². The highest BCUT2D eigenvalue weighted by molar-refractivity contribution is 6.78. The van der Waals surface area contributed by atoms with Crippen molar-refractivity contribution in [3.8, 4) is 0 Å². The van der Waals surface area contributed by atoms with Crippen molar-refractivity contribution in [2.45, 2.75) is 129 Å². The van der Waals surface area contributed by atoms with Crippen LogP contribution in [-0.4, -0.2) is 34.8 Å². The second-order valence-electron chi connectivity index (χ2n) is 13.9. The highest BCUT2D eigenvalue weighted by Gasteiger charge is 2.77. The summed E-state index contributed by atoms with van der Waals surface area (Å²) in [5.74, 6) is 0.837. The van der Waals surface area contributed by atoms with Gasteiger partial charge in [-0.15, -0.1) is 0 Å². The maximum absolute atomic E-state index is 13.0. The van der Waals surface area contributed by atoms with Gasteiger partial charge in [-0.05, 0) is 60.6 Å². The molecule has 0 aromatic rings. The standard InChI is InChI=1S/C28H50O4Si2/c1-19(2)34(20(3)4,21(5)6)32-23-16-26(11,18-30-33(12,13)25(8,9)10)28-15-14-22(7)27(23,28)17-24(29)31-28/h16,19-21H,7,14-15,17-18H2,1-6,8-13H3/t26-,27?,28-/m0/s1. The van der Waals surface area contributed by atoms with E-state index < -0.39 is 33.1 Å². The number of ether oxygens (including phenoxy) is 1. The molecular formula is C28H50O4Si2. The SMILES string of the molecule is C=C1CC[C@@]23OC(=O)CC12C(O[Si](C(C)C)(C(C)C)C(C)C)=C[C@@]3(C)CO[Si](C)(C)C(C)(C)C. The van der Waals surface area contributed by atoms with Crippen molar-refractivity contribution in [3.63, 3.8) is 0 Å². The third kappa shape index (κ3) is 3.56. The van der Waals surface area contributed by atoms with Crippen molar-refractivity contribution in [1.82, 2.24) is 0 Å². The summed E-state index contributed by atoms with van der Waals surface area (Å²) in [6.45, 7) is 32.5. The Bertz CT molecular complexity index is 860. The van der Waals surface area contributed by atoms with Crippen LogP contribution in [0.2, 0.25) is 34.8 Å². The van der Waals surface area contributed by atoms with Crippen LogP contribution in [-0.2, 0) is 18.4 Å². The zero-order chi connectivity index (χ0) is 26.1. The first-order valence-corrected chi connectivity index (χ1v) is 18.3. The molecule has 0 radical (unpaired) electrons. The molecule has 2 aliphatic carbocycles.